The Labute approximate surface area is 108 Å². The number of hydrogen-bond acceptors (Lipinski definition) is 2. The summed E-state index contributed by atoms with van der Waals surface area (Å²) in [6.07, 6.45) is 4.28. The van der Waals surface area contributed by atoms with Crippen molar-refractivity contribution in [2.24, 2.45) is 5.92 Å². The van der Waals surface area contributed by atoms with E-state index in [2.05, 4.69) is 23.5 Å². The van der Waals surface area contributed by atoms with Gasteiger partial charge in [0, 0.05) is 12.7 Å². The minimum absolute atomic E-state index is 0.212. The fraction of sp³-hybridized carbons (Fsp3) is 0.533. The highest BCUT2D eigenvalue weighted by Crippen LogP contribution is 2.29. The van der Waals surface area contributed by atoms with Crippen LogP contribution in [-0.4, -0.2) is 26.0 Å². The van der Waals surface area contributed by atoms with Gasteiger partial charge >= 0.3 is 0 Å². The molecule has 1 amide bonds. The molecule has 1 aromatic rings. The zero-order chi connectivity index (χ0) is 12.5. The maximum Gasteiger partial charge on any atom is 0.231 e. The molecule has 0 unspecified atom stereocenters. The van der Waals surface area contributed by atoms with E-state index in [4.69, 9.17) is 0 Å². The summed E-state index contributed by atoms with van der Waals surface area (Å²) >= 11 is 0. The van der Waals surface area contributed by atoms with Crippen molar-refractivity contribution in [2.45, 2.75) is 25.7 Å². The largest absolute Gasteiger partial charge is 0.317 e. The maximum absolute atomic E-state index is 11.6. The normalized spacial score (nSPS) is 20.3. The Bertz CT molecular complexity index is 464. The number of nitrogens with one attached hydrogen (secondary N) is 1. The first-order chi connectivity index (χ1) is 8.74. The van der Waals surface area contributed by atoms with Crippen LogP contribution < -0.4 is 10.2 Å². The third-order valence-electron chi connectivity index (χ3n) is 4.20. The molecule has 2 heterocycles. The summed E-state index contributed by atoms with van der Waals surface area (Å²) in [5.74, 6) is 1.02. The van der Waals surface area contributed by atoms with Gasteiger partial charge in [-0.3, -0.25) is 4.79 Å². The Kier molecular flexibility index (Phi) is 3.08. The SMILES string of the molecule is CN1C(=O)Cc2cc(CC3CCNCC3)ccc21. The lowest BCUT2D eigenvalue weighted by molar-refractivity contribution is -0.117. The van der Waals surface area contributed by atoms with Crippen LogP contribution >= 0.6 is 0 Å². The van der Waals surface area contributed by atoms with Crippen LogP contribution in [-0.2, 0) is 17.6 Å². The van der Waals surface area contributed by atoms with E-state index < -0.39 is 0 Å². The van der Waals surface area contributed by atoms with Gasteiger partial charge in [0.15, 0.2) is 0 Å². The first kappa shape index (κ1) is 11.7. The summed E-state index contributed by atoms with van der Waals surface area (Å²) in [5, 5.41) is 3.40. The molecule has 3 rings (SSSR count). The molecule has 3 heteroatoms. The van der Waals surface area contributed by atoms with Crippen molar-refractivity contribution < 1.29 is 4.79 Å². The fourth-order valence-electron chi connectivity index (χ4n) is 3.07. The first-order valence-corrected chi connectivity index (χ1v) is 6.83. The number of nitrogens with zero attached hydrogens (tertiary/aromatic N) is 1. The Balaban J connectivity index is 1.75. The van der Waals surface area contributed by atoms with E-state index in [1.54, 1.807) is 4.90 Å². The molecule has 96 valence electrons. The number of carbonyl (C=O) groups is 1. The van der Waals surface area contributed by atoms with Crippen molar-refractivity contribution in [3.63, 3.8) is 0 Å². The van der Waals surface area contributed by atoms with Crippen LogP contribution in [0.4, 0.5) is 5.69 Å². The van der Waals surface area contributed by atoms with Crippen molar-refractivity contribution in [2.75, 3.05) is 25.0 Å². The summed E-state index contributed by atoms with van der Waals surface area (Å²) in [6, 6.07) is 6.53. The first-order valence-electron chi connectivity index (χ1n) is 6.83. The number of fused-ring (bicyclic) bond motifs is 1. The zero-order valence-electron chi connectivity index (χ0n) is 10.9. The smallest absolute Gasteiger partial charge is 0.231 e. The zero-order valence-corrected chi connectivity index (χ0v) is 10.9. The summed E-state index contributed by atoms with van der Waals surface area (Å²) in [6.45, 7) is 2.30. The van der Waals surface area contributed by atoms with Gasteiger partial charge in [-0.2, -0.15) is 0 Å². The molecule has 0 radical (unpaired) electrons. The molecular weight excluding hydrogens is 224 g/mol. The molecule has 0 aliphatic carbocycles. The Morgan fingerprint density at radius 3 is 2.89 bits per heavy atom. The van der Waals surface area contributed by atoms with Gasteiger partial charge in [-0.05, 0) is 55.5 Å². The monoisotopic (exact) mass is 244 g/mol. The van der Waals surface area contributed by atoms with E-state index in [0.29, 0.717) is 6.42 Å². The van der Waals surface area contributed by atoms with Gasteiger partial charge in [0.2, 0.25) is 5.91 Å². The third-order valence-corrected chi connectivity index (χ3v) is 4.20. The number of likely N-dealkylation sites (N-methyl/N-ethyl adjacent to an activating group) is 1. The van der Waals surface area contributed by atoms with Gasteiger partial charge in [0.25, 0.3) is 0 Å². The molecule has 0 saturated carbocycles. The van der Waals surface area contributed by atoms with Gasteiger partial charge < -0.3 is 10.2 Å². The molecule has 3 nitrogen and oxygen atoms in total. The molecule has 0 aromatic heterocycles. The van der Waals surface area contributed by atoms with Crippen molar-refractivity contribution in [3.05, 3.63) is 29.3 Å². The summed E-state index contributed by atoms with van der Waals surface area (Å²) in [4.78, 5) is 13.4. The quantitative estimate of drug-likeness (QED) is 0.859. The van der Waals surface area contributed by atoms with E-state index >= 15 is 0 Å². The molecule has 0 bridgehead atoms. The highest BCUT2D eigenvalue weighted by molar-refractivity contribution is 6.00. The van der Waals surface area contributed by atoms with Crippen molar-refractivity contribution in [3.8, 4) is 0 Å². The minimum atomic E-state index is 0.212. The predicted octanol–water partition coefficient (Wildman–Crippen LogP) is 1.75. The molecule has 2 aliphatic rings. The number of anilines is 1. The van der Waals surface area contributed by atoms with Gasteiger partial charge in [-0.15, -0.1) is 0 Å². The number of piperidine rings is 1. The molecule has 2 aliphatic heterocycles. The lowest BCUT2D eigenvalue weighted by Crippen LogP contribution is -2.28. The van der Waals surface area contributed by atoms with E-state index in [1.807, 2.05) is 7.05 Å². The molecule has 1 fully saturated rings. The van der Waals surface area contributed by atoms with Crippen molar-refractivity contribution in [1.29, 1.82) is 0 Å². The molecule has 0 spiro atoms. The standard InChI is InChI=1S/C15H20N2O/c1-17-14-3-2-12(9-13(14)10-15(17)18)8-11-4-6-16-7-5-11/h2-3,9,11,16H,4-8,10H2,1H3. The lowest BCUT2D eigenvalue weighted by atomic mass is 9.90. The summed E-state index contributed by atoms with van der Waals surface area (Å²) in [7, 11) is 1.86. The van der Waals surface area contributed by atoms with Crippen LogP contribution in [0, 0.1) is 5.92 Å². The van der Waals surface area contributed by atoms with E-state index in [1.165, 1.54) is 24.0 Å². The number of carbonyl (C=O) groups excluding carboxylic acids is 1. The molecule has 1 saturated heterocycles. The topological polar surface area (TPSA) is 32.3 Å². The van der Waals surface area contributed by atoms with E-state index in [0.717, 1.165) is 31.1 Å². The van der Waals surface area contributed by atoms with Crippen molar-refractivity contribution >= 4 is 11.6 Å². The molecule has 0 atom stereocenters. The minimum Gasteiger partial charge on any atom is -0.317 e. The predicted molar refractivity (Wildman–Crippen MR) is 72.9 cm³/mol. The van der Waals surface area contributed by atoms with Crippen LogP contribution in [0.1, 0.15) is 24.0 Å². The van der Waals surface area contributed by atoms with Gasteiger partial charge in [-0.25, -0.2) is 0 Å². The van der Waals surface area contributed by atoms with Gasteiger partial charge in [0.05, 0.1) is 6.42 Å². The average molecular weight is 244 g/mol. The molecule has 18 heavy (non-hydrogen) atoms. The van der Waals surface area contributed by atoms with Crippen LogP contribution in [0.15, 0.2) is 18.2 Å². The second-order valence-corrected chi connectivity index (χ2v) is 5.49. The van der Waals surface area contributed by atoms with Gasteiger partial charge in [-0.1, -0.05) is 12.1 Å². The number of amides is 1. The highest BCUT2D eigenvalue weighted by atomic mass is 16.2. The lowest BCUT2D eigenvalue weighted by Gasteiger charge is -2.22. The third kappa shape index (κ3) is 2.15. The Morgan fingerprint density at radius 2 is 2.11 bits per heavy atom. The second kappa shape index (κ2) is 4.73. The fourth-order valence-corrected chi connectivity index (χ4v) is 3.07. The van der Waals surface area contributed by atoms with Gasteiger partial charge in [0.1, 0.15) is 0 Å². The summed E-state index contributed by atoms with van der Waals surface area (Å²) < 4.78 is 0. The van der Waals surface area contributed by atoms with Crippen LogP contribution in [0.2, 0.25) is 0 Å². The van der Waals surface area contributed by atoms with E-state index in [9.17, 15) is 4.79 Å². The summed E-state index contributed by atoms with van der Waals surface area (Å²) in [5.41, 5.74) is 3.69. The number of hydrogen-bond donors (Lipinski definition) is 1. The average Bonchev–Trinajstić information content (AvgIpc) is 2.66. The van der Waals surface area contributed by atoms with Crippen LogP contribution in [0.5, 0.6) is 0 Å². The van der Waals surface area contributed by atoms with Crippen molar-refractivity contribution in [1.82, 2.24) is 5.32 Å². The maximum atomic E-state index is 11.6. The molecular formula is C15H20N2O. The Morgan fingerprint density at radius 1 is 1.33 bits per heavy atom. The number of rotatable bonds is 2. The number of benzene rings is 1. The molecule has 1 aromatic carbocycles. The second-order valence-electron chi connectivity index (χ2n) is 5.49. The molecule has 1 N–H and O–H groups in total. The highest BCUT2D eigenvalue weighted by Gasteiger charge is 2.24. The Hall–Kier alpha value is -1.35. The van der Waals surface area contributed by atoms with Crippen LogP contribution in [0.25, 0.3) is 0 Å². The van der Waals surface area contributed by atoms with E-state index in [-0.39, 0.29) is 5.91 Å². The van der Waals surface area contributed by atoms with Crippen LogP contribution in [0.3, 0.4) is 0 Å².